The maximum atomic E-state index is 5.99. The zero-order chi connectivity index (χ0) is 35.4. The summed E-state index contributed by atoms with van der Waals surface area (Å²) in [6.45, 7) is 16.6. The molecule has 0 aliphatic heterocycles. The molecule has 3 rings (SSSR count). The fourth-order valence-corrected chi connectivity index (χ4v) is 5.99. The fraction of sp³-hybridized carbons (Fsp3) is 0.565. The molecule has 0 aliphatic rings. The molecule has 0 bridgehead atoms. The van der Waals surface area contributed by atoms with E-state index in [-0.39, 0.29) is 10.8 Å². The van der Waals surface area contributed by atoms with Crippen molar-refractivity contribution >= 4 is 23.8 Å². The number of hydrogen-bond donors (Lipinski definition) is 0. The van der Waals surface area contributed by atoms with Gasteiger partial charge in [0.25, 0.3) is 0 Å². The summed E-state index contributed by atoms with van der Waals surface area (Å²) in [5, 5.41) is 0. The van der Waals surface area contributed by atoms with Gasteiger partial charge in [0, 0.05) is 12.4 Å². The number of benzene rings is 3. The van der Waals surface area contributed by atoms with Crippen molar-refractivity contribution < 1.29 is 4.74 Å². The number of aliphatic imine (C=N–C) groups is 2. The second-order valence-corrected chi connectivity index (χ2v) is 16.1. The van der Waals surface area contributed by atoms with Crippen LogP contribution in [0.5, 0.6) is 5.75 Å². The Balaban J connectivity index is 1.30. The highest BCUT2D eigenvalue weighted by Crippen LogP contribution is 2.33. The summed E-state index contributed by atoms with van der Waals surface area (Å²) in [7, 11) is 0. The molecule has 0 saturated heterocycles. The van der Waals surface area contributed by atoms with Crippen molar-refractivity contribution in [3.63, 3.8) is 0 Å². The monoisotopic (exact) mass is 665 g/mol. The van der Waals surface area contributed by atoms with Gasteiger partial charge >= 0.3 is 0 Å². The van der Waals surface area contributed by atoms with E-state index in [2.05, 4.69) is 95.9 Å². The van der Waals surface area contributed by atoms with Gasteiger partial charge in [-0.3, -0.25) is 9.98 Å². The molecule has 0 spiro atoms. The third-order valence-corrected chi connectivity index (χ3v) is 9.42. The summed E-state index contributed by atoms with van der Waals surface area (Å²) in [5.41, 5.74) is 6.83. The maximum Gasteiger partial charge on any atom is 0.119 e. The minimum atomic E-state index is 0.0744. The van der Waals surface area contributed by atoms with Gasteiger partial charge in [-0.1, -0.05) is 175 Å². The van der Waals surface area contributed by atoms with Gasteiger partial charge in [-0.2, -0.15) is 0 Å². The van der Waals surface area contributed by atoms with E-state index in [4.69, 9.17) is 9.73 Å². The lowest BCUT2D eigenvalue weighted by molar-refractivity contribution is 0.304. The largest absolute Gasteiger partial charge is 0.494 e. The van der Waals surface area contributed by atoms with Crippen LogP contribution in [0.3, 0.4) is 0 Å². The lowest BCUT2D eigenvalue weighted by atomic mass is 9.80. The highest BCUT2D eigenvalue weighted by Gasteiger charge is 2.20. The molecular weight excluding hydrogens is 597 g/mol. The van der Waals surface area contributed by atoms with Crippen molar-refractivity contribution in [1.82, 2.24) is 0 Å². The Morgan fingerprint density at radius 2 is 0.857 bits per heavy atom. The maximum absolute atomic E-state index is 5.99. The average molecular weight is 665 g/mol. The van der Waals surface area contributed by atoms with Crippen molar-refractivity contribution in [2.24, 2.45) is 9.98 Å². The van der Waals surface area contributed by atoms with Crippen LogP contribution in [0.2, 0.25) is 0 Å². The first-order valence-electron chi connectivity index (χ1n) is 19.6. The summed E-state index contributed by atoms with van der Waals surface area (Å²) >= 11 is 0. The van der Waals surface area contributed by atoms with Crippen molar-refractivity contribution in [3.05, 3.63) is 89.0 Å². The predicted octanol–water partition coefficient (Wildman–Crippen LogP) is 14.4. The van der Waals surface area contributed by atoms with Crippen LogP contribution in [0.25, 0.3) is 0 Å². The molecule has 0 amide bonds. The molecular formula is C46H68N2O. The molecule has 0 unspecified atom stereocenters. The molecule has 3 heteroatoms. The highest BCUT2D eigenvalue weighted by molar-refractivity contribution is 5.86. The molecule has 0 saturated carbocycles. The van der Waals surface area contributed by atoms with E-state index in [9.17, 15) is 0 Å². The summed E-state index contributed by atoms with van der Waals surface area (Å²) in [5.74, 6) is 0.922. The third-order valence-electron chi connectivity index (χ3n) is 9.42. The van der Waals surface area contributed by atoms with Crippen LogP contribution in [0.4, 0.5) is 11.4 Å². The standard InChI is InChI=1S/C46H68N2O/c1-8-9-10-11-12-13-14-15-16-17-18-19-20-21-22-23-32-49-44-30-28-42(29-31-44)47-36-38-24-26-39(27-25-38)37-48-43-34-40(45(2,3)4)33-41(35-43)46(5,6)7/h24-31,33-37H,8-23,32H2,1-7H3. The van der Waals surface area contributed by atoms with Crippen molar-refractivity contribution in [2.75, 3.05) is 6.61 Å². The molecule has 0 aromatic heterocycles. The Morgan fingerprint density at radius 1 is 0.469 bits per heavy atom. The first-order chi connectivity index (χ1) is 23.5. The SMILES string of the molecule is CCCCCCCCCCCCCCCCCCOc1ccc(N=Cc2ccc(C=Nc3cc(C(C)(C)C)cc(C(C)(C)C)c3)cc2)cc1. The van der Waals surface area contributed by atoms with Gasteiger partial charge in [0.1, 0.15) is 5.75 Å². The van der Waals surface area contributed by atoms with E-state index in [1.54, 1.807) is 0 Å². The van der Waals surface area contributed by atoms with Crippen LogP contribution in [0.15, 0.2) is 76.7 Å². The Hall–Kier alpha value is -3.20. The predicted molar refractivity (Wildman–Crippen MR) is 216 cm³/mol. The first-order valence-corrected chi connectivity index (χ1v) is 19.6. The lowest BCUT2D eigenvalue weighted by Gasteiger charge is -2.25. The molecule has 3 aromatic rings. The van der Waals surface area contributed by atoms with Crippen LogP contribution in [0, 0.1) is 0 Å². The zero-order valence-corrected chi connectivity index (χ0v) is 32.3. The molecule has 49 heavy (non-hydrogen) atoms. The van der Waals surface area contributed by atoms with Crippen LogP contribution in [-0.2, 0) is 10.8 Å². The van der Waals surface area contributed by atoms with Crippen LogP contribution in [-0.4, -0.2) is 19.0 Å². The summed E-state index contributed by atoms with van der Waals surface area (Å²) in [4.78, 5) is 9.53. The van der Waals surface area contributed by atoms with E-state index >= 15 is 0 Å². The van der Waals surface area contributed by atoms with Gasteiger partial charge in [0.2, 0.25) is 0 Å². The van der Waals surface area contributed by atoms with Crippen molar-refractivity contribution in [2.45, 2.75) is 162 Å². The minimum absolute atomic E-state index is 0.0744. The second kappa shape index (κ2) is 21.8. The Bertz CT molecular complexity index is 1340. The van der Waals surface area contributed by atoms with E-state index < -0.39 is 0 Å². The number of ether oxygens (including phenoxy) is 1. The molecule has 3 aromatic carbocycles. The van der Waals surface area contributed by atoms with E-state index in [1.807, 2.05) is 36.7 Å². The van der Waals surface area contributed by atoms with Crippen molar-refractivity contribution in [1.29, 1.82) is 0 Å². The second-order valence-electron chi connectivity index (χ2n) is 16.1. The topological polar surface area (TPSA) is 34.0 Å². The summed E-state index contributed by atoms with van der Waals surface area (Å²) < 4.78 is 5.99. The highest BCUT2D eigenvalue weighted by atomic mass is 16.5. The normalized spacial score (nSPS) is 12.4. The summed E-state index contributed by atoms with van der Waals surface area (Å²) in [6.07, 6.45) is 26.0. The molecule has 0 atom stereocenters. The Labute approximate surface area is 301 Å². The number of rotatable bonds is 22. The van der Waals surface area contributed by atoms with Gasteiger partial charge < -0.3 is 4.74 Å². The smallest absolute Gasteiger partial charge is 0.119 e. The van der Waals surface area contributed by atoms with Gasteiger partial charge in [-0.05, 0) is 75.9 Å². The molecule has 0 N–H and O–H groups in total. The lowest BCUT2D eigenvalue weighted by Crippen LogP contribution is -2.16. The van der Waals surface area contributed by atoms with E-state index in [0.29, 0.717) is 0 Å². The Kier molecular flexibility index (Phi) is 17.9. The Morgan fingerprint density at radius 3 is 1.27 bits per heavy atom. The van der Waals surface area contributed by atoms with Gasteiger partial charge in [0.15, 0.2) is 0 Å². The minimum Gasteiger partial charge on any atom is -0.494 e. The fourth-order valence-electron chi connectivity index (χ4n) is 5.99. The molecule has 0 aliphatic carbocycles. The average Bonchev–Trinajstić information content (AvgIpc) is 3.08. The zero-order valence-electron chi connectivity index (χ0n) is 32.3. The molecule has 3 nitrogen and oxygen atoms in total. The first kappa shape index (κ1) is 40.2. The van der Waals surface area contributed by atoms with Crippen LogP contribution in [0.1, 0.15) is 173 Å². The van der Waals surface area contributed by atoms with Crippen LogP contribution >= 0.6 is 0 Å². The number of hydrogen-bond acceptors (Lipinski definition) is 3. The summed E-state index contributed by atoms with van der Waals surface area (Å²) in [6, 6.07) is 23.2. The van der Waals surface area contributed by atoms with Crippen molar-refractivity contribution in [3.8, 4) is 5.75 Å². The van der Waals surface area contributed by atoms with Gasteiger partial charge in [-0.25, -0.2) is 0 Å². The van der Waals surface area contributed by atoms with Gasteiger partial charge in [0.05, 0.1) is 18.0 Å². The van der Waals surface area contributed by atoms with Crippen LogP contribution < -0.4 is 4.74 Å². The molecule has 0 radical (unpaired) electrons. The van der Waals surface area contributed by atoms with E-state index in [1.165, 1.54) is 107 Å². The third kappa shape index (κ3) is 16.8. The van der Waals surface area contributed by atoms with E-state index in [0.717, 1.165) is 41.3 Å². The molecule has 0 fully saturated rings. The molecule has 0 heterocycles. The number of nitrogens with zero attached hydrogens (tertiary/aromatic N) is 2. The quantitative estimate of drug-likeness (QED) is 0.0777. The molecule has 268 valence electrons. The number of unbranched alkanes of at least 4 members (excludes halogenated alkanes) is 15. The van der Waals surface area contributed by atoms with Gasteiger partial charge in [-0.15, -0.1) is 0 Å².